The molecule has 1 aromatic rings. The molecule has 0 aromatic carbocycles. The summed E-state index contributed by atoms with van der Waals surface area (Å²) in [5.41, 5.74) is 0. The van der Waals surface area contributed by atoms with E-state index in [1.807, 2.05) is 23.1 Å². The van der Waals surface area contributed by atoms with E-state index < -0.39 is 0 Å². The minimum atomic E-state index is 0.492. The van der Waals surface area contributed by atoms with Gasteiger partial charge in [0.05, 0.1) is 12.6 Å². The number of nitrogens with zero attached hydrogens (tertiary/aromatic N) is 2. The molecule has 90 valence electrons. The molecule has 4 nitrogen and oxygen atoms in total. The summed E-state index contributed by atoms with van der Waals surface area (Å²) in [6.45, 7) is 3.93. The van der Waals surface area contributed by atoms with Crippen LogP contribution in [0, 0.1) is 0 Å². The Balaban J connectivity index is 1.48. The number of nitrogens with one attached hydrogen (secondary N) is 1. The van der Waals surface area contributed by atoms with Crippen molar-refractivity contribution < 1.29 is 4.74 Å². The second-order valence-electron chi connectivity index (χ2n) is 4.30. The highest BCUT2D eigenvalue weighted by Crippen LogP contribution is 2.14. The lowest BCUT2D eigenvalue weighted by molar-refractivity contribution is 0.0116. The van der Waals surface area contributed by atoms with Gasteiger partial charge in [0.25, 0.3) is 0 Å². The summed E-state index contributed by atoms with van der Waals surface area (Å²) < 4.78 is 7.62. The summed E-state index contributed by atoms with van der Waals surface area (Å²) in [5.74, 6) is 0. The van der Waals surface area contributed by atoms with Crippen LogP contribution in [0.2, 0.25) is 0 Å². The van der Waals surface area contributed by atoms with Crippen molar-refractivity contribution in [3.05, 3.63) is 18.5 Å². The maximum atomic E-state index is 5.67. The molecule has 1 unspecified atom stereocenters. The first-order valence-electron chi connectivity index (χ1n) is 6.25. The quantitative estimate of drug-likeness (QED) is 0.742. The lowest BCUT2D eigenvalue weighted by atomic mass is 10.1. The van der Waals surface area contributed by atoms with Gasteiger partial charge in [0.15, 0.2) is 0 Å². The van der Waals surface area contributed by atoms with Gasteiger partial charge in [-0.3, -0.25) is 4.68 Å². The average molecular weight is 223 g/mol. The number of hydrogen-bond donors (Lipinski definition) is 1. The molecule has 1 aliphatic heterocycles. The fourth-order valence-electron chi connectivity index (χ4n) is 2.05. The Morgan fingerprint density at radius 3 is 3.12 bits per heavy atom. The normalized spacial score (nSPS) is 21.1. The van der Waals surface area contributed by atoms with Crippen molar-refractivity contribution in [2.45, 2.75) is 38.3 Å². The largest absolute Gasteiger partial charge is 0.378 e. The molecule has 2 rings (SSSR count). The van der Waals surface area contributed by atoms with Gasteiger partial charge in [0, 0.05) is 25.5 Å². The molecule has 0 aliphatic carbocycles. The van der Waals surface area contributed by atoms with Crippen LogP contribution < -0.4 is 5.32 Å². The van der Waals surface area contributed by atoms with E-state index in [-0.39, 0.29) is 0 Å². The van der Waals surface area contributed by atoms with E-state index in [9.17, 15) is 0 Å². The summed E-state index contributed by atoms with van der Waals surface area (Å²) in [7, 11) is 0. The zero-order valence-electron chi connectivity index (χ0n) is 9.77. The van der Waals surface area contributed by atoms with Crippen molar-refractivity contribution in [1.29, 1.82) is 0 Å². The van der Waals surface area contributed by atoms with Gasteiger partial charge >= 0.3 is 0 Å². The van der Waals surface area contributed by atoms with Crippen molar-refractivity contribution in [2.24, 2.45) is 0 Å². The van der Waals surface area contributed by atoms with Crippen molar-refractivity contribution >= 4 is 0 Å². The molecule has 1 N–H and O–H groups in total. The van der Waals surface area contributed by atoms with Crippen LogP contribution in [-0.2, 0) is 11.3 Å². The Morgan fingerprint density at radius 1 is 1.38 bits per heavy atom. The number of ether oxygens (including phenoxy) is 1. The first-order valence-corrected chi connectivity index (χ1v) is 6.25. The standard InChI is InChI=1S/C12H21N3O/c1-2-11-16-12(4-1)5-7-13-8-10-15-9-3-6-14-15/h3,6,9,12-13H,1-2,4-5,7-8,10-11H2. The van der Waals surface area contributed by atoms with E-state index in [0.717, 1.165) is 32.7 Å². The van der Waals surface area contributed by atoms with Gasteiger partial charge in [-0.2, -0.15) is 5.10 Å². The van der Waals surface area contributed by atoms with E-state index in [4.69, 9.17) is 4.74 Å². The third-order valence-electron chi connectivity index (χ3n) is 2.99. The van der Waals surface area contributed by atoms with E-state index >= 15 is 0 Å². The first-order chi connectivity index (χ1) is 7.95. The summed E-state index contributed by atoms with van der Waals surface area (Å²) in [6.07, 6.45) is 9.24. The van der Waals surface area contributed by atoms with Crippen LogP contribution in [0.3, 0.4) is 0 Å². The molecular weight excluding hydrogens is 202 g/mol. The SMILES string of the molecule is c1cnn(CCNCCC2CCCCO2)c1. The maximum Gasteiger partial charge on any atom is 0.0587 e. The smallest absolute Gasteiger partial charge is 0.0587 e. The van der Waals surface area contributed by atoms with E-state index in [1.54, 1.807) is 0 Å². The zero-order chi connectivity index (χ0) is 11.1. The van der Waals surface area contributed by atoms with Crippen LogP contribution >= 0.6 is 0 Å². The summed E-state index contributed by atoms with van der Waals surface area (Å²) in [4.78, 5) is 0. The van der Waals surface area contributed by atoms with Gasteiger partial charge in [-0.1, -0.05) is 0 Å². The monoisotopic (exact) mass is 223 g/mol. The van der Waals surface area contributed by atoms with Gasteiger partial charge in [0.1, 0.15) is 0 Å². The highest BCUT2D eigenvalue weighted by Gasteiger charge is 2.12. The number of hydrogen-bond acceptors (Lipinski definition) is 3. The number of aromatic nitrogens is 2. The van der Waals surface area contributed by atoms with E-state index in [1.165, 1.54) is 19.3 Å². The van der Waals surface area contributed by atoms with Crippen LogP contribution in [0.1, 0.15) is 25.7 Å². The van der Waals surface area contributed by atoms with Crippen LogP contribution in [0.15, 0.2) is 18.5 Å². The predicted molar refractivity (Wildman–Crippen MR) is 63.3 cm³/mol. The maximum absolute atomic E-state index is 5.67. The zero-order valence-corrected chi connectivity index (χ0v) is 9.77. The highest BCUT2D eigenvalue weighted by atomic mass is 16.5. The average Bonchev–Trinajstić information content (AvgIpc) is 2.83. The molecule has 1 saturated heterocycles. The number of rotatable bonds is 6. The van der Waals surface area contributed by atoms with Crippen molar-refractivity contribution in [3.8, 4) is 0 Å². The minimum Gasteiger partial charge on any atom is -0.378 e. The molecule has 0 amide bonds. The molecule has 0 bridgehead atoms. The molecule has 1 aliphatic rings. The second kappa shape index (κ2) is 6.66. The van der Waals surface area contributed by atoms with E-state index in [0.29, 0.717) is 6.10 Å². The third kappa shape index (κ3) is 3.94. The van der Waals surface area contributed by atoms with Gasteiger partial charge in [-0.05, 0) is 38.3 Å². The molecule has 16 heavy (non-hydrogen) atoms. The highest BCUT2D eigenvalue weighted by molar-refractivity contribution is 4.77. The van der Waals surface area contributed by atoms with Crippen molar-refractivity contribution in [2.75, 3.05) is 19.7 Å². The Kier molecular flexibility index (Phi) is 4.83. The molecule has 0 radical (unpaired) electrons. The molecule has 2 heterocycles. The summed E-state index contributed by atoms with van der Waals surface area (Å²) in [6, 6.07) is 1.95. The second-order valence-corrected chi connectivity index (χ2v) is 4.30. The molecule has 4 heteroatoms. The van der Waals surface area contributed by atoms with Crippen LogP contribution in [0.4, 0.5) is 0 Å². The lowest BCUT2D eigenvalue weighted by Gasteiger charge is -2.22. The molecule has 1 aromatic heterocycles. The third-order valence-corrected chi connectivity index (χ3v) is 2.99. The van der Waals surface area contributed by atoms with Gasteiger partial charge < -0.3 is 10.1 Å². The predicted octanol–water partition coefficient (Wildman–Crippen LogP) is 1.43. The molecule has 1 fully saturated rings. The fourth-order valence-corrected chi connectivity index (χ4v) is 2.05. The van der Waals surface area contributed by atoms with Crippen LogP contribution in [0.5, 0.6) is 0 Å². The lowest BCUT2D eigenvalue weighted by Crippen LogP contribution is -2.27. The van der Waals surface area contributed by atoms with Gasteiger partial charge in [-0.25, -0.2) is 0 Å². The Bertz CT molecular complexity index is 268. The fraction of sp³-hybridized carbons (Fsp3) is 0.750. The molecule has 1 atom stereocenters. The Morgan fingerprint density at radius 2 is 2.38 bits per heavy atom. The molecule has 0 spiro atoms. The van der Waals surface area contributed by atoms with Crippen LogP contribution in [-0.4, -0.2) is 35.6 Å². The minimum absolute atomic E-state index is 0.492. The topological polar surface area (TPSA) is 39.1 Å². The Labute approximate surface area is 97.0 Å². The van der Waals surface area contributed by atoms with Crippen molar-refractivity contribution in [3.63, 3.8) is 0 Å². The van der Waals surface area contributed by atoms with E-state index in [2.05, 4.69) is 10.4 Å². The van der Waals surface area contributed by atoms with Crippen molar-refractivity contribution in [1.82, 2.24) is 15.1 Å². The molecular formula is C12H21N3O. The van der Waals surface area contributed by atoms with Crippen LogP contribution in [0.25, 0.3) is 0 Å². The summed E-state index contributed by atoms with van der Waals surface area (Å²) in [5, 5.41) is 7.59. The molecule has 0 saturated carbocycles. The van der Waals surface area contributed by atoms with Gasteiger partial charge in [0.2, 0.25) is 0 Å². The summed E-state index contributed by atoms with van der Waals surface area (Å²) >= 11 is 0. The van der Waals surface area contributed by atoms with Gasteiger partial charge in [-0.15, -0.1) is 0 Å². The first kappa shape index (κ1) is 11.6. The Hall–Kier alpha value is -0.870.